The SMILES string of the molecule is CCCCCC(C)(C)CNC(=O)Cn1cccc1C(=O)O. The average molecular weight is 294 g/mol. The Bertz CT molecular complexity index is 478. The van der Waals surface area contributed by atoms with E-state index in [1.165, 1.54) is 29.9 Å². The monoisotopic (exact) mass is 294 g/mol. The molecule has 0 saturated heterocycles. The largest absolute Gasteiger partial charge is 0.477 e. The molecule has 0 bridgehead atoms. The van der Waals surface area contributed by atoms with Crippen molar-refractivity contribution in [3.05, 3.63) is 24.0 Å². The zero-order chi connectivity index (χ0) is 15.9. The summed E-state index contributed by atoms with van der Waals surface area (Å²) >= 11 is 0. The van der Waals surface area contributed by atoms with E-state index < -0.39 is 5.97 Å². The molecule has 1 aromatic rings. The number of carboxylic acids is 1. The third-order valence-corrected chi connectivity index (χ3v) is 3.58. The molecule has 118 valence electrons. The van der Waals surface area contributed by atoms with Gasteiger partial charge in [-0.15, -0.1) is 0 Å². The first-order valence-electron chi connectivity index (χ1n) is 7.51. The highest BCUT2D eigenvalue weighted by molar-refractivity contribution is 5.86. The van der Waals surface area contributed by atoms with Gasteiger partial charge >= 0.3 is 5.97 Å². The molecular weight excluding hydrogens is 268 g/mol. The standard InChI is InChI=1S/C16H26N2O3/c1-4-5-6-9-16(2,3)12-17-14(19)11-18-10-7-8-13(18)15(20)21/h7-8,10H,4-6,9,11-12H2,1-3H3,(H,17,19)(H,20,21). The topological polar surface area (TPSA) is 71.3 Å². The molecule has 5 heteroatoms. The number of hydrogen-bond donors (Lipinski definition) is 2. The smallest absolute Gasteiger partial charge is 0.352 e. The van der Waals surface area contributed by atoms with E-state index in [4.69, 9.17) is 5.11 Å². The van der Waals surface area contributed by atoms with Gasteiger partial charge in [0.15, 0.2) is 0 Å². The summed E-state index contributed by atoms with van der Waals surface area (Å²) in [6, 6.07) is 3.12. The van der Waals surface area contributed by atoms with Crippen LogP contribution in [0.4, 0.5) is 0 Å². The molecule has 0 spiro atoms. The number of aromatic carboxylic acids is 1. The fourth-order valence-electron chi connectivity index (χ4n) is 2.24. The summed E-state index contributed by atoms with van der Waals surface area (Å²) in [4.78, 5) is 22.9. The Morgan fingerprint density at radius 2 is 2.05 bits per heavy atom. The van der Waals surface area contributed by atoms with Crippen LogP contribution in [0.5, 0.6) is 0 Å². The van der Waals surface area contributed by atoms with Crippen molar-refractivity contribution in [2.75, 3.05) is 6.54 Å². The fourth-order valence-corrected chi connectivity index (χ4v) is 2.24. The third kappa shape index (κ3) is 6.02. The maximum atomic E-state index is 11.9. The Kier molecular flexibility index (Phi) is 6.46. The normalized spacial score (nSPS) is 11.4. The van der Waals surface area contributed by atoms with Crippen molar-refractivity contribution in [3.63, 3.8) is 0 Å². The average Bonchev–Trinajstić information content (AvgIpc) is 2.85. The quantitative estimate of drug-likeness (QED) is 0.688. The maximum Gasteiger partial charge on any atom is 0.352 e. The maximum absolute atomic E-state index is 11.9. The summed E-state index contributed by atoms with van der Waals surface area (Å²) in [6.07, 6.45) is 6.25. The molecule has 0 aliphatic heterocycles. The van der Waals surface area contributed by atoms with Crippen molar-refractivity contribution < 1.29 is 14.7 Å². The number of hydrogen-bond acceptors (Lipinski definition) is 2. The van der Waals surface area contributed by atoms with Gasteiger partial charge in [0.25, 0.3) is 0 Å². The number of amides is 1. The van der Waals surface area contributed by atoms with E-state index in [2.05, 4.69) is 26.1 Å². The highest BCUT2D eigenvalue weighted by atomic mass is 16.4. The van der Waals surface area contributed by atoms with E-state index in [0.29, 0.717) is 6.54 Å². The van der Waals surface area contributed by atoms with Gasteiger partial charge in [-0.1, -0.05) is 40.0 Å². The van der Waals surface area contributed by atoms with Crippen molar-refractivity contribution in [1.82, 2.24) is 9.88 Å². The molecule has 5 nitrogen and oxygen atoms in total. The molecule has 1 rings (SSSR count). The van der Waals surface area contributed by atoms with Crippen LogP contribution in [0.15, 0.2) is 18.3 Å². The second-order valence-electron chi connectivity index (χ2n) is 6.22. The first kappa shape index (κ1) is 17.3. The number of nitrogens with one attached hydrogen (secondary N) is 1. The van der Waals surface area contributed by atoms with Gasteiger partial charge in [0.05, 0.1) is 0 Å². The zero-order valence-corrected chi connectivity index (χ0v) is 13.2. The molecule has 1 heterocycles. The van der Waals surface area contributed by atoms with Crippen LogP contribution in [0.2, 0.25) is 0 Å². The first-order chi connectivity index (χ1) is 9.85. The van der Waals surface area contributed by atoms with Crippen LogP contribution in [0.25, 0.3) is 0 Å². The summed E-state index contributed by atoms with van der Waals surface area (Å²) in [5.74, 6) is -1.18. The molecule has 0 aliphatic carbocycles. The van der Waals surface area contributed by atoms with Crippen LogP contribution < -0.4 is 5.32 Å². The number of aromatic nitrogens is 1. The molecular formula is C16H26N2O3. The predicted molar refractivity (Wildman–Crippen MR) is 82.3 cm³/mol. The van der Waals surface area contributed by atoms with Gasteiger partial charge < -0.3 is 15.0 Å². The minimum Gasteiger partial charge on any atom is -0.477 e. The van der Waals surface area contributed by atoms with E-state index in [1.807, 2.05) is 0 Å². The molecule has 0 aromatic carbocycles. The van der Waals surface area contributed by atoms with Gasteiger partial charge in [-0.3, -0.25) is 4.79 Å². The van der Waals surface area contributed by atoms with Crippen LogP contribution in [0.1, 0.15) is 56.9 Å². The van der Waals surface area contributed by atoms with Gasteiger partial charge in [0.2, 0.25) is 5.91 Å². The molecule has 0 radical (unpaired) electrons. The summed E-state index contributed by atoms with van der Waals surface area (Å²) in [6.45, 7) is 7.10. The van der Waals surface area contributed by atoms with Crippen LogP contribution in [-0.4, -0.2) is 28.1 Å². The number of carbonyl (C=O) groups excluding carboxylic acids is 1. The van der Waals surface area contributed by atoms with Gasteiger partial charge in [-0.2, -0.15) is 0 Å². The zero-order valence-electron chi connectivity index (χ0n) is 13.2. The molecule has 21 heavy (non-hydrogen) atoms. The Labute approximate surface area is 126 Å². The van der Waals surface area contributed by atoms with Gasteiger partial charge in [0.1, 0.15) is 12.2 Å². The van der Waals surface area contributed by atoms with Crippen LogP contribution in [0, 0.1) is 5.41 Å². The summed E-state index contributed by atoms with van der Waals surface area (Å²) < 4.78 is 1.45. The second kappa shape index (κ2) is 7.86. The molecule has 1 amide bonds. The third-order valence-electron chi connectivity index (χ3n) is 3.58. The molecule has 1 aromatic heterocycles. The van der Waals surface area contributed by atoms with Crippen molar-refractivity contribution in [3.8, 4) is 0 Å². The van der Waals surface area contributed by atoms with Crippen molar-refractivity contribution in [2.45, 2.75) is 53.0 Å². The van der Waals surface area contributed by atoms with Gasteiger partial charge in [-0.25, -0.2) is 4.79 Å². The van der Waals surface area contributed by atoms with E-state index >= 15 is 0 Å². The van der Waals surface area contributed by atoms with Gasteiger partial charge in [0, 0.05) is 12.7 Å². The Morgan fingerprint density at radius 1 is 1.33 bits per heavy atom. The van der Waals surface area contributed by atoms with E-state index in [9.17, 15) is 9.59 Å². The molecule has 0 unspecified atom stereocenters. The Morgan fingerprint density at radius 3 is 2.67 bits per heavy atom. The minimum absolute atomic E-state index is 0.0413. The summed E-state index contributed by atoms with van der Waals surface area (Å²) in [5, 5.41) is 11.9. The lowest BCUT2D eigenvalue weighted by Crippen LogP contribution is -2.36. The second-order valence-corrected chi connectivity index (χ2v) is 6.22. The predicted octanol–water partition coefficient (Wildman–Crippen LogP) is 2.91. The molecule has 0 fully saturated rings. The lowest BCUT2D eigenvalue weighted by atomic mass is 9.87. The van der Waals surface area contributed by atoms with E-state index in [-0.39, 0.29) is 23.6 Å². The summed E-state index contributed by atoms with van der Waals surface area (Å²) in [7, 11) is 0. The molecule has 0 atom stereocenters. The van der Waals surface area contributed by atoms with E-state index in [0.717, 1.165) is 6.42 Å². The van der Waals surface area contributed by atoms with Crippen LogP contribution >= 0.6 is 0 Å². The number of carbonyl (C=O) groups is 2. The fraction of sp³-hybridized carbons (Fsp3) is 0.625. The number of carboxylic acid groups (broad SMARTS) is 1. The van der Waals surface area contributed by atoms with Crippen molar-refractivity contribution >= 4 is 11.9 Å². The van der Waals surface area contributed by atoms with Gasteiger partial charge in [-0.05, 0) is 24.0 Å². The highest BCUT2D eigenvalue weighted by Crippen LogP contribution is 2.22. The summed E-state index contributed by atoms with van der Waals surface area (Å²) in [5.41, 5.74) is 0.198. The van der Waals surface area contributed by atoms with Crippen LogP contribution in [-0.2, 0) is 11.3 Å². The highest BCUT2D eigenvalue weighted by Gasteiger charge is 2.19. The lowest BCUT2D eigenvalue weighted by Gasteiger charge is -2.25. The Hall–Kier alpha value is -1.78. The number of nitrogens with zero attached hydrogens (tertiary/aromatic N) is 1. The van der Waals surface area contributed by atoms with Crippen LogP contribution in [0.3, 0.4) is 0 Å². The molecule has 2 N–H and O–H groups in total. The molecule has 0 aliphatic rings. The molecule has 0 saturated carbocycles. The Balaban J connectivity index is 2.43. The van der Waals surface area contributed by atoms with Crippen molar-refractivity contribution in [1.29, 1.82) is 0 Å². The first-order valence-corrected chi connectivity index (χ1v) is 7.51. The van der Waals surface area contributed by atoms with Crippen molar-refractivity contribution in [2.24, 2.45) is 5.41 Å². The minimum atomic E-state index is -1.02. The number of unbranched alkanes of at least 4 members (excludes halogenated alkanes) is 2. The number of rotatable bonds is 9. The lowest BCUT2D eigenvalue weighted by molar-refractivity contribution is -0.122. The van der Waals surface area contributed by atoms with E-state index in [1.54, 1.807) is 12.3 Å².